The van der Waals surface area contributed by atoms with Crippen LogP contribution in [-0.2, 0) is 9.59 Å². The van der Waals surface area contributed by atoms with E-state index in [0.29, 0.717) is 34.9 Å². The highest BCUT2D eigenvalue weighted by molar-refractivity contribution is 5.96. The van der Waals surface area contributed by atoms with E-state index in [2.05, 4.69) is 10.6 Å². The van der Waals surface area contributed by atoms with E-state index < -0.39 is 0 Å². The minimum atomic E-state index is -0.377. The maximum atomic E-state index is 12.9. The van der Waals surface area contributed by atoms with Crippen LogP contribution < -0.4 is 15.5 Å². The van der Waals surface area contributed by atoms with E-state index in [-0.39, 0.29) is 36.6 Å². The van der Waals surface area contributed by atoms with Gasteiger partial charge in [-0.05, 0) is 62.4 Å². The molecule has 0 aliphatic heterocycles. The van der Waals surface area contributed by atoms with Gasteiger partial charge in [-0.15, -0.1) is 0 Å². The van der Waals surface area contributed by atoms with Crippen molar-refractivity contribution in [3.63, 3.8) is 0 Å². The molecule has 7 nitrogen and oxygen atoms in total. The lowest BCUT2D eigenvalue weighted by Crippen LogP contribution is -3.11. The van der Waals surface area contributed by atoms with Crippen LogP contribution in [0.15, 0.2) is 48.5 Å². The van der Waals surface area contributed by atoms with Gasteiger partial charge in [-0.25, -0.2) is 4.39 Å². The number of hydrogen-bond donors (Lipinski definition) is 3. The van der Waals surface area contributed by atoms with Crippen molar-refractivity contribution in [3.8, 4) is 0 Å². The minimum Gasteiger partial charge on any atom is -0.339 e. The smallest absolute Gasteiger partial charge is 0.279 e. The first-order chi connectivity index (χ1) is 14.3. The molecule has 2 rings (SSSR count). The highest BCUT2D eigenvalue weighted by Crippen LogP contribution is 2.11. The van der Waals surface area contributed by atoms with Crippen LogP contribution in [0.2, 0.25) is 0 Å². The Kier molecular flexibility index (Phi) is 8.49. The Morgan fingerprint density at radius 3 is 1.70 bits per heavy atom. The average Bonchev–Trinajstić information content (AvgIpc) is 2.70. The van der Waals surface area contributed by atoms with Gasteiger partial charge in [0.2, 0.25) is 0 Å². The number of nitrogens with one attached hydrogen (secondary N) is 3. The minimum absolute atomic E-state index is 0.0470. The zero-order valence-electron chi connectivity index (χ0n) is 17.5. The van der Waals surface area contributed by atoms with Crippen molar-refractivity contribution in [2.24, 2.45) is 0 Å². The third kappa shape index (κ3) is 6.97. The Bertz CT molecular complexity index is 865. The lowest BCUT2D eigenvalue weighted by molar-refractivity contribution is -0.862. The van der Waals surface area contributed by atoms with Gasteiger partial charge in [0, 0.05) is 30.0 Å². The summed E-state index contributed by atoms with van der Waals surface area (Å²) in [5.74, 6) is -0.942. The Morgan fingerprint density at radius 1 is 0.833 bits per heavy atom. The summed E-state index contributed by atoms with van der Waals surface area (Å²) in [4.78, 5) is 39.0. The maximum absolute atomic E-state index is 12.9. The molecule has 0 aliphatic carbocycles. The van der Waals surface area contributed by atoms with Crippen molar-refractivity contribution < 1.29 is 23.7 Å². The number of amides is 3. The van der Waals surface area contributed by atoms with Gasteiger partial charge in [-0.3, -0.25) is 14.4 Å². The number of hydrogen-bond acceptors (Lipinski definition) is 3. The first-order valence-corrected chi connectivity index (χ1v) is 9.88. The Morgan fingerprint density at radius 2 is 1.27 bits per heavy atom. The molecule has 0 saturated carbocycles. The molecule has 1 unspecified atom stereocenters. The number of halogens is 1. The molecule has 160 valence electrons. The molecule has 0 aliphatic rings. The molecule has 8 heteroatoms. The summed E-state index contributed by atoms with van der Waals surface area (Å²) in [5, 5.41) is 5.43. The van der Waals surface area contributed by atoms with E-state index in [1.807, 2.05) is 13.8 Å². The van der Waals surface area contributed by atoms with Crippen molar-refractivity contribution in [1.29, 1.82) is 0 Å². The Balaban J connectivity index is 1.82. The molecule has 0 bridgehead atoms. The molecule has 0 spiro atoms. The Labute approximate surface area is 175 Å². The number of anilines is 2. The van der Waals surface area contributed by atoms with Gasteiger partial charge in [0.1, 0.15) is 5.82 Å². The van der Waals surface area contributed by atoms with Gasteiger partial charge >= 0.3 is 0 Å². The van der Waals surface area contributed by atoms with E-state index in [4.69, 9.17) is 0 Å². The van der Waals surface area contributed by atoms with Crippen LogP contribution in [-0.4, -0.2) is 55.8 Å². The van der Waals surface area contributed by atoms with Crippen molar-refractivity contribution >= 4 is 29.1 Å². The fraction of sp³-hybridized carbons (Fsp3) is 0.318. The normalized spacial score (nSPS) is 11.5. The van der Waals surface area contributed by atoms with Gasteiger partial charge in [-0.1, -0.05) is 0 Å². The molecular formula is C22H28FN4O3+. The summed E-state index contributed by atoms with van der Waals surface area (Å²) in [6, 6.07) is 12.2. The number of rotatable bonds is 9. The lowest BCUT2D eigenvalue weighted by Gasteiger charge is -2.18. The summed E-state index contributed by atoms with van der Waals surface area (Å²) in [6.07, 6.45) is 0. The van der Waals surface area contributed by atoms with Crippen LogP contribution in [0.4, 0.5) is 15.8 Å². The average molecular weight is 415 g/mol. The predicted octanol–water partition coefficient (Wildman–Crippen LogP) is 1.40. The first-order valence-electron chi connectivity index (χ1n) is 9.88. The van der Waals surface area contributed by atoms with Crippen molar-refractivity contribution in [3.05, 3.63) is 59.9 Å². The summed E-state index contributed by atoms with van der Waals surface area (Å²) in [5.41, 5.74) is 1.65. The van der Waals surface area contributed by atoms with Crippen LogP contribution >= 0.6 is 0 Å². The second-order valence-electron chi connectivity index (χ2n) is 6.97. The summed E-state index contributed by atoms with van der Waals surface area (Å²) in [6.45, 7) is 5.30. The van der Waals surface area contributed by atoms with Crippen LogP contribution in [0, 0.1) is 5.82 Å². The van der Waals surface area contributed by atoms with Gasteiger partial charge in [0.15, 0.2) is 13.1 Å². The summed E-state index contributed by atoms with van der Waals surface area (Å²) < 4.78 is 12.9. The SMILES string of the molecule is CCN(CC)C(=O)c1ccc(NC(=O)C[NH+](C)CC(=O)Nc2ccc(F)cc2)cc1. The van der Waals surface area contributed by atoms with Gasteiger partial charge < -0.3 is 20.4 Å². The van der Waals surface area contributed by atoms with Crippen molar-refractivity contribution in [1.82, 2.24) is 4.90 Å². The highest BCUT2D eigenvalue weighted by atomic mass is 19.1. The third-order valence-corrected chi connectivity index (χ3v) is 4.52. The van der Waals surface area contributed by atoms with Gasteiger partial charge in [0.05, 0.1) is 7.05 Å². The monoisotopic (exact) mass is 415 g/mol. The van der Waals surface area contributed by atoms with E-state index in [1.54, 1.807) is 36.2 Å². The molecule has 30 heavy (non-hydrogen) atoms. The molecule has 1 atom stereocenters. The Hall–Kier alpha value is -3.26. The predicted molar refractivity (Wildman–Crippen MR) is 114 cm³/mol. The molecule has 2 aromatic rings. The molecular weight excluding hydrogens is 387 g/mol. The topological polar surface area (TPSA) is 83.0 Å². The van der Waals surface area contributed by atoms with Gasteiger partial charge in [-0.2, -0.15) is 0 Å². The zero-order valence-corrected chi connectivity index (χ0v) is 17.5. The number of quaternary nitrogens is 1. The van der Waals surface area contributed by atoms with Crippen LogP contribution in [0.3, 0.4) is 0 Å². The van der Waals surface area contributed by atoms with E-state index >= 15 is 0 Å². The number of nitrogens with zero attached hydrogens (tertiary/aromatic N) is 1. The highest BCUT2D eigenvalue weighted by Gasteiger charge is 2.16. The van der Waals surface area contributed by atoms with Crippen LogP contribution in [0.5, 0.6) is 0 Å². The van der Waals surface area contributed by atoms with Crippen molar-refractivity contribution in [2.75, 3.05) is 43.9 Å². The largest absolute Gasteiger partial charge is 0.339 e. The lowest BCUT2D eigenvalue weighted by atomic mass is 10.1. The zero-order chi connectivity index (χ0) is 22.1. The maximum Gasteiger partial charge on any atom is 0.279 e. The molecule has 0 saturated heterocycles. The molecule has 2 aromatic carbocycles. The van der Waals surface area contributed by atoms with Crippen LogP contribution in [0.1, 0.15) is 24.2 Å². The molecule has 0 heterocycles. The van der Waals surface area contributed by atoms with E-state index in [0.717, 1.165) is 0 Å². The first kappa shape index (κ1) is 23.0. The van der Waals surface area contributed by atoms with E-state index in [1.165, 1.54) is 24.3 Å². The summed E-state index contributed by atoms with van der Waals surface area (Å²) >= 11 is 0. The second-order valence-corrected chi connectivity index (χ2v) is 6.97. The number of carbonyl (C=O) groups excluding carboxylic acids is 3. The quantitative estimate of drug-likeness (QED) is 0.579. The molecule has 0 aromatic heterocycles. The van der Waals surface area contributed by atoms with Crippen LogP contribution in [0.25, 0.3) is 0 Å². The molecule has 0 fully saturated rings. The van der Waals surface area contributed by atoms with Gasteiger partial charge in [0.25, 0.3) is 17.7 Å². The van der Waals surface area contributed by atoms with Crippen molar-refractivity contribution in [2.45, 2.75) is 13.8 Å². The third-order valence-electron chi connectivity index (χ3n) is 4.52. The molecule has 3 amide bonds. The fourth-order valence-electron chi connectivity index (χ4n) is 2.94. The number of benzene rings is 2. The molecule has 3 N–H and O–H groups in total. The fourth-order valence-corrected chi connectivity index (χ4v) is 2.94. The van der Waals surface area contributed by atoms with E-state index in [9.17, 15) is 18.8 Å². The second kappa shape index (κ2) is 11.1. The molecule has 0 radical (unpaired) electrons. The number of carbonyl (C=O) groups is 3. The standard InChI is InChI=1S/C22H27FN4O3/c1-4-27(5-2)22(30)16-6-10-18(11-7-16)24-20(28)14-26(3)15-21(29)25-19-12-8-17(23)9-13-19/h6-13H,4-5,14-15H2,1-3H3,(H,24,28)(H,25,29)/p+1. The number of likely N-dealkylation sites (N-methyl/N-ethyl adjacent to an activating group) is 1. The summed E-state index contributed by atoms with van der Waals surface area (Å²) in [7, 11) is 1.73.